The van der Waals surface area contributed by atoms with E-state index in [-0.39, 0.29) is 17.5 Å². The van der Waals surface area contributed by atoms with E-state index in [4.69, 9.17) is 9.72 Å². The number of aromatic nitrogens is 2. The van der Waals surface area contributed by atoms with E-state index in [1.807, 2.05) is 39.2 Å². The van der Waals surface area contributed by atoms with E-state index in [2.05, 4.69) is 69.8 Å². The van der Waals surface area contributed by atoms with Gasteiger partial charge in [0, 0.05) is 75.5 Å². The molecular formula is C35H40N6O3S2. The number of H-pyrrole nitrogens is 1. The lowest BCUT2D eigenvalue weighted by atomic mass is 10.1. The largest absolute Gasteiger partial charge is 0.378 e. The number of fused-ring (bicyclic) bond motifs is 2. The van der Waals surface area contributed by atoms with E-state index in [1.165, 1.54) is 9.79 Å². The van der Waals surface area contributed by atoms with Crippen LogP contribution in [0.25, 0.3) is 11.3 Å². The topological polar surface area (TPSA) is 93.8 Å². The molecule has 2 N–H and O–H groups in total. The second-order valence-corrected chi connectivity index (χ2v) is 14.1. The molecule has 2 aromatic carbocycles. The van der Waals surface area contributed by atoms with Gasteiger partial charge in [0.1, 0.15) is 0 Å². The van der Waals surface area contributed by atoms with Gasteiger partial charge < -0.3 is 29.7 Å². The molecule has 2 aromatic heterocycles. The molecule has 0 saturated carbocycles. The Bertz CT molecular complexity index is 1750. The molecule has 46 heavy (non-hydrogen) atoms. The molecule has 0 spiro atoms. The van der Waals surface area contributed by atoms with Gasteiger partial charge in [0.2, 0.25) is 11.5 Å². The van der Waals surface area contributed by atoms with Crippen LogP contribution >= 0.6 is 23.5 Å². The summed E-state index contributed by atoms with van der Waals surface area (Å²) in [6, 6.07) is 20.6. The van der Waals surface area contributed by atoms with Crippen LogP contribution in [0.1, 0.15) is 23.7 Å². The Labute approximate surface area is 278 Å². The lowest BCUT2D eigenvalue weighted by Gasteiger charge is -2.29. The molecule has 1 saturated heterocycles. The number of carbonyl (C=O) groups is 1. The molecule has 6 rings (SSSR count). The first kappa shape index (κ1) is 32.2. The summed E-state index contributed by atoms with van der Waals surface area (Å²) in [5.74, 6) is 0.0951. The quantitative estimate of drug-likeness (QED) is 0.195. The number of hydrogen-bond acceptors (Lipinski definition) is 9. The van der Waals surface area contributed by atoms with Crippen LogP contribution in [0.5, 0.6) is 0 Å². The van der Waals surface area contributed by atoms with Gasteiger partial charge in [0.25, 0.3) is 0 Å². The number of nitrogens with zero attached hydrogens (tertiary/aromatic N) is 4. The molecule has 4 heterocycles. The maximum atomic E-state index is 12.7. The number of anilines is 2. The smallest absolute Gasteiger partial charge is 0.250 e. The van der Waals surface area contributed by atoms with Gasteiger partial charge in [-0.2, -0.15) is 0 Å². The third-order valence-corrected chi connectivity index (χ3v) is 10.7. The number of amides is 1. The number of rotatable bonds is 10. The van der Waals surface area contributed by atoms with Crippen molar-refractivity contribution in [1.29, 1.82) is 0 Å². The molecule has 4 aromatic rings. The van der Waals surface area contributed by atoms with Crippen LogP contribution in [0.4, 0.5) is 11.4 Å². The fourth-order valence-electron chi connectivity index (χ4n) is 5.60. The van der Waals surface area contributed by atoms with E-state index in [0.29, 0.717) is 26.3 Å². The van der Waals surface area contributed by atoms with Crippen LogP contribution in [-0.4, -0.2) is 86.2 Å². The summed E-state index contributed by atoms with van der Waals surface area (Å²) in [7, 11) is 5.67. The molecular weight excluding hydrogens is 617 g/mol. The predicted molar refractivity (Wildman–Crippen MR) is 186 cm³/mol. The highest BCUT2D eigenvalue weighted by atomic mass is 32.2. The van der Waals surface area contributed by atoms with Gasteiger partial charge in [0.05, 0.1) is 37.2 Å². The van der Waals surface area contributed by atoms with Crippen LogP contribution in [-0.2, 0) is 9.53 Å². The van der Waals surface area contributed by atoms with E-state index in [0.717, 1.165) is 63.2 Å². The van der Waals surface area contributed by atoms with Gasteiger partial charge in [-0.3, -0.25) is 14.6 Å². The average Bonchev–Trinajstić information content (AvgIpc) is 3.05. The molecule has 11 heteroatoms. The lowest BCUT2D eigenvalue weighted by molar-refractivity contribution is -0.130. The molecule has 2 aliphatic heterocycles. The van der Waals surface area contributed by atoms with Gasteiger partial charge in [-0.15, -0.1) is 0 Å². The highest BCUT2D eigenvalue weighted by Crippen LogP contribution is 2.52. The van der Waals surface area contributed by atoms with Gasteiger partial charge in [-0.05, 0) is 69.4 Å². The summed E-state index contributed by atoms with van der Waals surface area (Å²) < 4.78 is 5.51. The molecule has 2 aliphatic rings. The Morgan fingerprint density at radius 1 is 1.02 bits per heavy atom. The third kappa shape index (κ3) is 7.60. The van der Waals surface area contributed by atoms with Crippen molar-refractivity contribution in [2.45, 2.75) is 39.0 Å². The maximum Gasteiger partial charge on any atom is 0.250 e. The highest BCUT2D eigenvalue weighted by Gasteiger charge is 2.23. The number of aromatic amines is 1. The molecule has 0 radical (unpaired) electrons. The minimum atomic E-state index is -0.105. The van der Waals surface area contributed by atoms with Crippen molar-refractivity contribution in [1.82, 2.24) is 19.8 Å². The van der Waals surface area contributed by atoms with Gasteiger partial charge >= 0.3 is 0 Å². The number of morpholine rings is 1. The molecule has 9 nitrogen and oxygen atoms in total. The summed E-state index contributed by atoms with van der Waals surface area (Å²) in [6.07, 6.45) is 2.61. The van der Waals surface area contributed by atoms with E-state index < -0.39 is 0 Å². The first-order valence-corrected chi connectivity index (χ1v) is 17.1. The SMILES string of the molecule is Cc1ccc(C(CCN(C)C(=O)CN(C)C)Nc2ccc3c(c2)Sc2cccc(-c4cc(N5CCOCC5)cc(=O)[nH]4)c2S3)nc1. The second-order valence-electron chi connectivity index (χ2n) is 12.0. The first-order valence-electron chi connectivity index (χ1n) is 15.5. The standard InChI is InChI=1S/C35H40N6O3S2/c1-23-8-10-27(36-21-23)28(12-13-40(4)34(43)22-39(2)3)37-24-9-11-30-32(18-24)45-31-7-5-6-26(35(31)46-30)29-19-25(20-33(42)38-29)41-14-16-44-17-15-41/h5-11,18-21,28,37H,12-17,22H2,1-4H3,(H,38,42). The zero-order chi connectivity index (χ0) is 32.2. The summed E-state index contributed by atoms with van der Waals surface area (Å²) >= 11 is 3.48. The summed E-state index contributed by atoms with van der Waals surface area (Å²) in [6.45, 7) is 5.91. The fourth-order valence-corrected chi connectivity index (χ4v) is 8.01. The van der Waals surface area contributed by atoms with Gasteiger partial charge in [-0.25, -0.2) is 0 Å². The maximum absolute atomic E-state index is 12.7. The number of aryl methyl sites for hydroxylation is 1. The second kappa shape index (κ2) is 14.3. The summed E-state index contributed by atoms with van der Waals surface area (Å²) in [5, 5.41) is 3.72. The molecule has 1 amide bonds. The minimum Gasteiger partial charge on any atom is -0.378 e. The Morgan fingerprint density at radius 3 is 2.61 bits per heavy atom. The Balaban J connectivity index is 1.22. The predicted octanol–water partition coefficient (Wildman–Crippen LogP) is 5.76. The van der Waals surface area contributed by atoms with Crippen molar-refractivity contribution < 1.29 is 9.53 Å². The van der Waals surface area contributed by atoms with Crippen molar-refractivity contribution in [3.05, 3.63) is 88.5 Å². The van der Waals surface area contributed by atoms with Crippen LogP contribution in [0, 0.1) is 6.92 Å². The Kier molecular flexibility index (Phi) is 10.0. The number of likely N-dealkylation sites (N-methyl/N-ethyl adjacent to an activating group) is 2. The summed E-state index contributed by atoms with van der Waals surface area (Å²) in [5.41, 5.74) is 5.72. The fraction of sp³-hybridized carbons (Fsp3) is 0.343. The van der Waals surface area contributed by atoms with E-state index >= 15 is 0 Å². The van der Waals surface area contributed by atoms with E-state index in [9.17, 15) is 9.59 Å². The van der Waals surface area contributed by atoms with E-state index in [1.54, 1.807) is 34.5 Å². The number of benzene rings is 2. The highest BCUT2D eigenvalue weighted by molar-refractivity contribution is 8.05. The van der Waals surface area contributed by atoms with Crippen LogP contribution < -0.4 is 15.8 Å². The van der Waals surface area contributed by atoms with Crippen molar-refractivity contribution in [2.24, 2.45) is 0 Å². The average molecular weight is 657 g/mol. The minimum absolute atomic E-state index is 0.0658. The zero-order valence-corrected chi connectivity index (χ0v) is 28.3. The van der Waals surface area contributed by atoms with Crippen molar-refractivity contribution in [3.63, 3.8) is 0 Å². The van der Waals surface area contributed by atoms with Gasteiger partial charge in [-0.1, -0.05) is 41.7 Å². The number of ether oxygens (including phenoxy) is 1. The Hall–Kier alpha value is -3.77. The van der Waals surface area contributed by atoms with Crippen LogP contribution in [0.3, 0.4) is 0 Å². The van der Waals surface area contributed by atoms with Crippen molar-refractivity contribution in [3.8, 4) is 11.3 Å². The van der Waals surface area contributed by atoms with Crippen molar-refractivity contribution >= 4 is 40.8 Å². The molecule has 0 bridgehead atoms. The molecule has 1 atom stereocenters. The number of hydrogen-bond donors (Lipinski definition) is 2. The monoisotopic (exact) mass is 656 g/mol. The molecule has 0 aliphatic carbocycles. The van der Waals surface area contributed by atoms with Crippen molar-refractivity contribution in [2.75, 3.05) is 70.8 Å². The van der Waals surface area contributed by atoms with Crippen LogP contribution in [0.2, 0.25) is 0 Å². The first-order chi connectivity index (χ1) is 22.2. The molecule has 1 unspecified atom stereocenters. The molecule has 1 fully saturated rings. The number of carbonyl (C=O) groups excluding carboxylic acids is 1. The molecule has 240 valence electrons. The normalized spacial score (nSPS) is 14.8. The number of pyridine rings is 2. The van der Waals surface area contributed by atoms with Gasteiger partial charge in [0.15, 0.2) is 0 Å². The van der Waals surface area contributed by atoms with Crippen LogP contribution in [0.15, 0.2) is 91.2 Å². The lowest BCUT2D eigenvalue weighted by Crippen LogP contribution is -2.36. The number of nitrogens with one attached hydrogen (secondary N) is 2. The zero-order valence-electron chi connectivity index (χ0n) is 26.7. The third-order valence-electron chi connectivity index (χ3n) is 8.11. The summed E-state index contributed by atoms with van der Waals surface area (Å²) in [4.78, 5) is 43.7. The Morgan fingerprint density at radius 2 is 1.85 bits per heavy atom.